The van der Waals surface area contributed by atoms with Crippen LogP contribution in [-0.2, 0) is 11.3 Å². The summed E-state index contributed by atoms with van der Waals surface area (Å²) in [7, 11) is 0. The number of carbonyl (C=O) groups is 2. The second-order valence-electron chi connectivity index (χ2n) is 6.64. The summed E-state index contributed by atoms with van der Waals surface area (Å²) in [5.74, 6) is -1.29. The maximum absolute atomic E-state index is 12.6. The Bertz CT molecular complexity index is 1090. The van der Waals surface area contributed by atoms with E-state index in [0.29, 0.717) is 11.6 Å². The topological polar surface area (TPSA) is 101 Å². The molecule has 0 saturated carbocycles. The fraction of sp³-hybridized carbons (Fsp3) is 0.238. The van der Waals surface area contributed by atoms with E-state index >= 15 is 0 Å². The monoisotopic (exact) mass is 379 g/mol. The van der Waals surface area contributed by atoms with Crippen LogP contribution in [0, 0.1) is 0 Å². The molecule has 0 aliphatic rings. The van der Waals surface area contributed by atoms with Crippen molar-refractivity contribution in [2.75, 3.05) is 5.32 Å². The van der Waals surface area contributed by atoms with Crippen LogP contribution < -0.4 is 10.9 Å². The number of benzene rings is 2. The van der Waals surface area contributed by atoms with Gasteiger partial charge in [-0.3, -0.25) is 9.59 Å². The fourth-order valence-electron chi connectivity index (χ4n) is 2.97. The zero-order chi connectivity index (χ0) is 20.3. The summed E-state index contributed by atoms with van der Waals surface area (Å²) >= 11 is 0. The summed E-state index contributed by atoms with van der Waals surface area (Å²) in [4.78, 5) is 36.4. The molecule has 2 N–H and O–H groups in total. The number of carbonyl (C=O) groups excluding carboxylic acids is 1. The standard InChI is InChI=1S/C21H21N3O4/c1-3-13(2)14-8-10-15(11-9-14)22-18(25)12-24-20(26)17-7-5-4-6-16(17)19(23-24)21(27)28/h4-11,13H,3,12H2,1-2H3,(H,22,25)(H,27,28)/t13-/m0/s1. The molecule has 0 aliphatic carbocycles. The third kappa shape index (κ3) is 3.93. The molecule has 7 nitrogen and oxygen atoms in total. The van der Waals surface area contributed by atoms with E-state index in [2.05, 4.69) is 24.3 Å². The largest absolute Gasteiger partial charge is 0.476 e. The number of carboxylic acid groups (broad SMARTS) is 1. The van der Waals surface area contributed by atoms with Crippen LogP contribution in [0.25, 0.3) is 10.8 Å². The Kier molecular flexibility index (Phi) is 5.54. The predicted octanol–water partition coefficient (Wildman–Crippen LogP) is 3.25. The van der Waals surface area contributed by atoms with E-state index in [-0.39, 0.29) is 23.0 Å². The lowest BCUT2D eigenvalue weighted by atomic mass is 9.99. The van der Waals surface area contributed by atoms with Gasteiger partial charge in [-0.1, -0.05) is 44.2 Å². The van der Waals surface area contributed by atoms with Crippen LogP contribution in [0.1, 0.15) is 42.2 Å². The minimum atomic E-state index is -1.26. The molecule has 144 valence electrons. The van der Waals surface area contributed by atoms with Gasteiger partial charge in [-0.15, -0.1) is 0 Å². The number of fused-ring (bicyclic) bond motifs is 1. The average molecular weight is 379 g/mol. The third-order valence-electron chi connectivity index (χ3n) is 4.74. The first-order valence-electron chi connectivity index (χ1n) is 9.03. The number of rotatable bonds is 6. The number of hydrogen-bond acceptors (Lipinski definition) is 4. The van der Waals surface area contributed by atoms with Crippen LogP contribution >= 0.6 is 0 Å². The molecule has 3 aromatic rings. The highest BCUT2D eigenvalue weighted by molar-refractivity contribution is 6.01. The van der Waals surface area contributed by atoms with Gasteiger partial charge in [-0.25, -0.2) is 9.48 Å². The number of anilines is 1. The summed E-state index contributed by atoms with van der Waals surface area (Å²) in [6.07, 6.45) is 1.02. The molecule has 0 fully saturated rings. The van der Waals surface area contributed by atoms with E-state index in [0.717, 1.165) is 11.1 Å². The maximum atomic E-state index is 12.6. The number of nitrogens with one attached hydrogen (secondary N) is 1. The first kappa shape index (κ1) is 19.3. The summed E-state index contributed by atoms with van der Waals surface area (Å²) < 4.78 is 0.884. The SMILES string of the molecule is CC[C@H](C)c1ccc(NC(=O)Cn2nc(C(=O)O)c3ccccc3c2=O)cc1. The van der Waals surface area contributed by atoms with E-state index in [4.69, 9.17) is 0 Å². The van der Waals surface area contributed by atoms with Crippen molar-refractivity contribution in [1.82, 2.24) is 9.78 Å². The van der Waals surface area contributed by atoms with Gasteiger partial charge in [-0.2, -0.15) is 5.10 Å². The van der Waals surface area contributed by atoms with Crippen molar-refractivity contribution < 1.29 is 14.7 Å². The minimum absolute atomic E-state index is 0.209. The van der Waals surface area contributed by atoms with Crippen molar-refractivity contribution in [3.8, 4) is 0 Å². The number of hydrogen-bond donors (Lipinski definition) is 2. The van der Waals surface area contributed by atoms with Gasteiger partial charge >= 0.3 is 5.97 Å². The van der Waals surface area contributed by atoms with Crippen LogP contribution in [0.15, 0.2) is 53.3 Å². The van der Waals surface area contributed by atoms with Crippen LogP contribution in [0.4, 0.5) is 5.69 Å². The Morgan fingerprint density at radius 1 is 1.11 bits per heavy atom. The summed E-state index contributed by atoms with van der Waals surface area (Å²) in [6.45, 7) is 3.86. The zero-order valence-electron chi connectivity index (χ0n) is 15.7. The van der Waals surface area contributed by atoms with Gasteiger partial charge in [0.2, 0.25) is 5.91 Å². The molecule has 1 amide bonds. The zero-order valence-corrected chi connectivity index (χ0v) is 15.7. The van der Waals surface area contributed by atoms with Gasteiger partial charge in [-0.05, 0) is 36.1 Å². The Balaban J connectivity index is 1.84. The molecule has 0 radical (unpaired) electrons. The highest BCUT2D eigenvalue weighted by atomic mass is 16.4. The first-order valence-corrected chi connectivity index (χ1v) is 9.03. The Labute approximate surface area is 161 Å². The van der Waals surface area contributed by atoms with Gasteiger partial charge in [0.25, 0.3) is 5.56 Å². The van der Waals surface area contributed by atoms with Crippen molar-refractivity contribution in [2.24, 2.45) is 0 Å². The highest BCUT2D eigenvalue weighted by Crippen LogP contribution is 2.20. The van der Waals surface area contributed by atoms with Crippen molar-refractivity contribution >= 4 is 28.3 Å². The van der Waals surface area contributed by atoms with Gasteiger partial charge in [0.15, 0.2) is 5.69 Å². The van der Waals surface area contributed by atoms with Crippen LogP contribution in [0.5, 0.6) is 0 Å². The molecule has 0 spiro atoms. The predicted molar refractivity (Wildman–Crippen MR) is 107 cm³/mol. The number of aromatic carboxylic acids is 1. The molecule has 2 aromatic carbocycles. The molecule has 0 saturated heterocycles. The number of nitrogens with zero attached hydrogens (tertiary/aromatic N) is 2. The highest BCUT2D eigenvalue weighted by Gasteiger charge is 2.17. The third-order valence-corrected chi connectivity index (χ3v) is 4.74. The lowest BCUT2D eigenvalue weighted by Gasteiger charge is -2.11. The molecule has 3 rings (SSSR count). The number of aromatic nitrogens is 2. The van der Waals surface area contributed by atoms with Gasteiger partial charge in [0, 0.05) is 11.1 Å². The van der Waals surface area contributed by atoms with Crippen molar-refractivity contribution in [2.45, 2.75) is 32.7 Å². The normalized spacial score (nSPS) is 11.9. The molecule has 1 aromatic heterocycles. The molecule has 0 unspecified atom stereocenters. The van der Waals surface area contributed by atoms with Gasteiger partial charge in [0.1, 0.15) is 6.54 Å². The second-order valence-corrected chi connectivity index (χ2v) is 6.64. The van der Waals surface area contributed by atoms with E-state index < -0.39 is 17.4 Å². The Hall–Kier alpha value is -3.48. The summed E-state index contributed by atoms with van der Waals surface area (Å²) in [5.41, 5.74) is 1.01. The van der Waals surface area contributed by atoms with E-state index in [1.54, 1.807) is 24.3 Å². The van der Waals surface area contributed by atoms with Crippen LogP contribution in [-0.4, -0.2) is 26.8 Å². The van der Waals surface area contributed by atoms with Crippen LogP contribution in [0.3, 0.4) is 0 Å². The molecule has 0 bridgehead atoms. The molecular weight excluding hydrogens is 358 g/mol. The smallest absolute Gasteiger partial charge is 0.357 e. The lowest BCUT2D eigenvalue weighted by Crippen LogP contribution is -2.31. The molecular formula is C21H21N3O4. The molecule has 1 heterocycles. The van der Waals surface area contributed by atoms with Crippen LogP contribution in [0.2, 0.25) is 0 Å². The number of amides is 1. The van der Waals surface area contributed by atoms with E-state index in [9.17, 15) is 19.5 Å². The summed E-state index contributed by atoms with van der Waals surface area (Å²) in [5, 5.41) is 16.4. The molecule has 1 atom stereocenters. The molecule has 28 heavy (non-hydrogen) atoms. The van der Waals surface area contributed by atoms with Gasteiger partial charge < -0.3 is 10.4 Å². The Morgan fingerprint density at radius 3 is 2.36 bits per heavy atom. The Morgan fingerprint density at radius 2 is 1.75 bits per heavy atom. The van der Waals surface area contributed by atoms with E-state index in [1.165, 1.54) is 17.7 Å². The molecule has 7 heteroatoms. The minimum Gasteiger partial charge on any atom is -0.476 e. The van der Waals surface area contributed by atoms with Gasteiger partial charge in [0.05, 0.1) is 5.39 Å². The number of carboxylic acids is 1. The quantitative estimate of drug-likeness (QED) is 0.685. The summed E-state index contributed by atoms with van der Waals surface area (Å²) in [6, 6.07) is 13.8. The maximum Gasteiger partial charge on any atom is 0.357 e. The van der Waals surface area contributed by atoms with Crippen molar-refractivity contribution in [3.05, 3.63) is 70.1 Å². The average Bonchev–Trinajstić information content (AvgIpc) is 2.70. The van der Waals surface area contributed by atoms with Crippen molar-refractivity contribution in [3.63, 3.8) is 0 Å². The second kappa shape index (κ2) is 8.04. The van der Waals surface area contributed by atoms with Crippen molar-refractivity contribution in [1.29, 1.82) is 0 Å². The first-order chi connectivity index (χ1) is 13.4. The molecule has 0 aliphatic heterocycles. The van der Waals surface area contributed by atoms with E-state index in [1.807, 2.05) is 12.1 Å². The lowest BCUT2D eigenvalue weighted by molar-refractivity contribution is -0.117. The fourth-order valence-corrected chi connectivity index (χ4v) is 2.97.